The highest BCUT2D eigenvalue weighted by Gasteiger charge is 2.24. The van der Waals surface area contributed by atoms with E-state index in [1.165, 1.54) is 13.2 Å². The van der Waals surface area contributed by atoms with Crippen LogP contribution in [0.15, 0.2) is 53.6 Å². The quantitative estimate of drug-likeness (QED) is 0.585. The zero-order valence-electron chi connectivity index (χ0n) is 14.6. The molecule has 0 N–H and O–H groups in total. The second kappa shape index (κ2) is 7.13. The second-order valence-corrected chi connectivity index (χ2v) is 7.97. The molecule has 0 aliphatic rings. The molecule has 26 heavy (non-hydrogen) atoms. The average Bonchev–Trinajstić information content (AvgIpc) is 2.63. The molecule has 0 radical (unpaired) electrons. The molecule has 0 saturated heterocycles. The van der Waals surface area contributed by atoms with Gasteiger partial charge in [0.1, 0.15) is 16.2 Å². The van der Waals surface area contributed by atoms with Crippen LogP contribution < -0.4 is 8.92 Å². The maximum absolute atomic E-state index is 12.9. The average molecular weight is 392 g/mol. The summed E-state index contributed by atoms with van der Waals surface area (Å²) in [4.78, 5) is 4.18. The number of rotatable bonds is 5. The van der Waals surface area contributed by atoms with Crippen molar-refractivity contribution >= 4 is 32.6 Å². The van der Waals surface area contributed by atoms with E-state index in [1.54, 1.807) is 36.5 Å². The first-order valence-electron chi connectivity index (χ1n) is 7.99. The van der Waals surface area contributed by atoms with Gasteiger partial charge in [0.15, 0.2) is 5.75 Å². The summed E-state index contributed by atoms with van der Waals surface area (Å²) in [6, 6.07) is 11.6. The van der Waals surface area contributed by atoms with Crippen LogP contribution in [-0.2, 0) is 10.1 Å². The van der Waals surface area contributed by atoms with Gasteiger partial charge in [-0.05, 0) is 47.9 Å². The monoisotopic (exact) mass is 391 g/mol. The minimum Gasteiger partial charge on any atom is -0.495 e. The van der Waals surface area contributed by atoms with Gasteiger partial charge in [-0.2, -0.15) is 8.42 Å². The normalized spacial score (nSPS) is 11.7. The van der Waals surface area contributed by atoms with Gasteiger partial charge in [-0.25, -0.2) is 0 Å². The van der Waals surface area contributed by atoms with Crippen LogP contribution >= 0.6 is 11.6 Å². The maximum Gasteiger partial charge on any atom is 0.343 e. The first-order chi connectivity index (χ1) is 12.3. The Morgan fingerprint density at radius 1 is 1.08 bits per heavy atom. The molecule has 5 nitrogen and oxygen atoms in total. The molecule has 0 aliphatic carbocycles. The lowest BCUT2D eigenvalue weighted by Crippen LogP contribution is -2.12. The Morgan fingerprint density at radius 3 is 2.50 bits per heavy atom. The van der Waals surface area contributed by atoms with Crippen molar-refractivity contribution in [3.63, 3.8) is 0 Å². The Bertz CT molecular complexity index is 1060. The van der Waals surface area contributed by atoms with E-state index in [9.17, 15) is 8.42 Å². The zero-order valence-corrected chi connectivity index (χ0v) is 16.1. The van der Waals surface area contributed by atoms with Crippen LogP contribution in [0.3, 0.4) is 0 Å². The van der Waals surface area contributed by atoms with E-state index in [0.717, 1.165) is 5.56 Å². The first kappa shape index (κ1) is 18.5. The molecule has 3 rings (SSSR count). The summed E-state index contributed by atoms with van der Waals surface area (Å²) in [7, 11) is -2.71. The van der Waals surface area contributed by atoms with Crippen molar-refractivity contribution in [2.24, 2.45) is 0 Å². The Labute approximate surface area is 157 Å². The van der Waals surface area contributed by atoms with E-state index in [4.69, 9.17) is 20.5 Å². The molecule has 0 aliphatic heterocycles. The van der Waals surface area contributed by atoms with Crippen LogP contribution in [0.25, 0.3) is 10.9 Å². The molecule has 1 aromatic heterocycles. The summed E-state index contributed by atoms with van der Waals surface area (Å²) in [5.41, 5.74) is 1.25. The Balaban J connectivity index is 2.11. The number of benzene rings is 2. The van der Waals surface area contributed by atoms with Gasteiger partial charge in [-0.15, -0.1) is 0 Å². The molecule has 0 atom stereocenters. The summed E-state index contributed by atoms with van der Waals surface area (Å²) in [6.07, 6.45) is 1.55. The van der Waals surface area contributed by atoms with E-state index in [0.29, 0.717) is 15.9 Å². The van der Waals surface area contributed by atoms with Gasteiger partial charge < -0.3 is 8.92 Å². The van der Waals surface area contributed by atoms with Crippen molar-refractivity contribution in [3.8, 4) is 11.5 Å². The van der Waals surface area contributed by atoms with E-state index in [1.807, 2.05) is 19.9 Å². The molecular weight excluding hydrogens is 374 g/mol. The SMILES string of the molecule is COc1ccc(C(C)C)cc1S(=O)(=O)Oc1ccc(Cl)c2cccnc12. The third kappa shape index (κ3) is 3.48. The fourth-order valence-corrected chi connectivity index (χ4v) is 3.94. The third-order valence-corrected chi connectivity index (χ3v) is 5.59. The highest BCUT2D eigenvalue weighted by molar-refractivity contribution is 7.87. The molecule has 0 unspecified atom stereocenters. The highest BCUT2D eigenvalue weighted by atomic mass is 35.5. The highest BCUT2D eigenvalue weighted by Crippen LogP contribution is 2.34. The lowest BCUT2D eigenvalue weighted by Gasteiger charge is -2.14. The van der Waals surface area contributed by atoms with Gasteiger partial charge in [0.05, 0.1) is 12.1 Å². The van der Waals surface area contributed by atoms with E-state index < -0.39 is 10.1 Å². The number of hydrogen-bond donors (Lipinski definition) is 0. The Hall–Kier alpha value is -2.31. The molecule has 0 bridgehead atoms. The minimum atomic E-state index is -4.12. The molecule has 136 valence electrons. The van der Waals surface area contributed by atoms with Crippen LogP contribution in [0.2, 0.25) is 5.02 Å². The predicted molar refractivity (Wildman–Crippen MR) is 102 cm³/mol. The molecule has 3 aromatic rings. The molecule has 2 aromatic carbocycles. The van der Waals surface area contributed by atoms with Gasteiger partial charge >= 0.3 is 10.1 Å². The van der Waals surface area contributed by atoms with Crippen molar-refractivity contribution in [3.05, 3.63) is 59.2 Å². The van der Waals surface area contributed by atoms with Gasteiger partial charge in [-0.3, -0.25) is 4.98 Å². The van der Waals surface area contributed by atoms with Crippen molar-refractivity contribution in [1.29, 1.82) is 0 Å². The number of fused-ring (bicyclic) bond motifs is 1. The fourth-order valence-electron chi connectivity index (χ4n) is 2.59. The van der Waals surface area contributed by atoms with Gasteiger partial charge in [0.2, 0.25) is 0 Å². The lowest BCUT2D eigenvalue weighted by molar-refractivity contribution is 0.398. The largest absolute Gasteiger partial charge is 0.495 e. The summed E-state index contributed by atoms with van der Waals surface area (Å²) in [5.74, 6) is 0.496. The van der Waals surface area contributed by atoms with Crippen LogP contribution in [0, 0.1) is 0 Å². The van der Waals surface area contributed by atoms with Crippen LogP contribution in [0.4, 0.5) is 0 Å². The smallest absolute Gasteiger partial charge is 0.343 e. The number of ether oxygens (including phenoxy) is 1. The van der Waals surface area contributed by atoms with E-state index in [2.05, 4.69) is 4.98 Å². The van der Waals surface area contributed by atoms with E-state index in [-0.39, 0.29) is 22.3 Å². The second-order valence-electron chi connectivity index (χ2n) is 6.05. The van der Waals surface area contributed by atoms with Crippen molar-refractivity contribution < 1.29 is 17.3 Å². The molecule has 0 spiro atoms. The fraction of sp³-hybridized carbons (Fsp3) is 0.211. The minimum absolute atomic E-state index is 0.0229. The zero-order chi connectivity index (χ0) is 18.9. The van der Waals surface area contributed by atoms with Crippen LogP contribution in [0.5, 0.6) is 11.5 Å². The maximum atomic E-state index is 12.9. The van der Waals surface area contributed by atoms with Crippen LogP contribution in [-0.4, -0.2) is 20.5 Å². The predicted octanol–water partition coefficient (Wildman–Crippen LogP) is 4.79. The third-order valence-electron chi connectivity index (χ3n) is 4.00. The lowest BCUT2D eigenvalue weighted by atomic mass is 10.0. The number of halogens is 1. The van der Waals surface area contributed by atoms with Gasteiger partial charge in [0, 0.05) is 11.6 Å². The summed E-state index contributed by atoms with van der Waals surface area (Å²) >= 11 is 6.16. The van der Waals surface area contributed by atoms with Crippen molar-refractivity contribution in [1.82, 2.24) is 4.98 Å². The molecule has 0 amide bonds. The molecule has 0 saturated carbocycles. The summed E-state index contributed by atoms with van der Waals surface area (Å²) in [6.45, 7) is 3.96. The Kier molecular flexibility index (Phi) is 5.07. The first-order valence-corrected chi connectivity index (χ1v) is 9.78. The van der Waals surface area contributed by atoms with Gasteiger partial charge in [-0.1, -0.05) is 31.5 Å². The van der Waals surface area contributed by atoms with Crippen molar-refractivity contribution in [2.45, 2.75) is 24.7 Å². The Morgan fingerprint density at radius 2 is 1.81 bits per heavy atom. The number of hydrogen-bond acceptors (Lipinski definition) is 5. The number of nitrogens with zero attached hydrogens (tertiary/aromatic N) is 1. The van der Waals surface area contributed by atoms with E-state index >= 15 is 0 Å². The molecule has 1 heterocycles. The van der Waals surface area contributed by atoms with Crippen molar-refractivity contribution in [2.75, 3.05) is 7.11 Å². The summed E-state index contributed by atoms with van der Waals surface area (Å²) < 4.78 is 36.5. The molecular formula is C19H18ClNO4S. The molecule has 0 fully saturated rings. The van der Waals surface area contributed by atoms with Gasteiger partial charge in [0.25, 0.3) is 0 Å². The standard InChI is InChI=1S/C19H18ClNO4S/c1-12(2)13-6-8-16(24-3)18(11-13)26(22,23)25-17-9-7-15(20)14-5-4-10-21-19(14)17/h4-12H,1-3H3. The number of aromatic nitrogens is 1. The topological polar surface area (TPSA) is 65.5 Å². The number of methoxy groups -OCH3 is 1. The number of pyridine rings is 1. The molecule has 7 heteroatoms. The summed E-state index contributed by atoms with van der Waals surface area (Å²) in [5, 5.41) is 1.09. The van der Waals surface area contributed by atoms with Crippen LogP contribution in [0.1, 0.15) is 25.3 Å².